The number of ether oxygens (including phenoxy) is 1. The zero-order chi connectivity index (χ0) is 20.6. The van der Waals surface area contributed by atoms with E-state index in [2.05, 4.69) is 25.9 Å². The topological polar surface area (TPSA) is 74.1 Å². The minimum absolute atomic E-state index is 0.0204. The number of Topliss-reactive ketones (excluding diaryl/α,β-unsaturated/α-hetero) is 1. The molecule has 0 spiro atoms. The van der Waals surface area contributed by atoms with Crippen molar-refractivity contribution in [2.75, 3.05) is 0 Å². The van der Waals surface area contributed by atoms with Crippen LogP contribution in [0.2, 0.25) is 0 Å². The minimum Gasteiger partial charge on any atom is -0.459 e. The van der Waals surface area contributed by atoms with Crippen molar-refractivity contribution in [1.29, 1.82) is 0 Å². The first-order valence-electron chi connectivity index (χ1n) is 8.89. The number of aryl methyl sites for hydroxylation is 1. The zero-order valence-electron chi connectivity index (χ0n) is 16.5. The van der Waals surface area contributed by atoms with Crippen molar-refractivity contribution < 1.29 is 14.3 Å². The number of aromatic nitrogens is 3. The standard InChI is InChI=1S/C21H22BrN3O3/c1-12(26)17-10-25(11-20(27)28-21(3,4)5)19-7-15(18(22)6-16(17)19)14-8-23-13(2)24-9-14/h6-10H,11H2,1-5H3. The molecule has 0 N–H and O–H groups in total. The second-order valence-electron chi connectivity index (χ2n) is 7.68. The van der Waals surface area contributed by atoms with Gasteiger partial charge in [-0.05, 0) is 46.8 Å². The summed E-state index contributed by atoms with van der Waals surface area (Å²) in [5.74, 6) is 0.266. The van der Waals surface area contributed by atoms with Crippen molar-refractivity contribution in [2.45, 2.75) is 46.8 Å². The molecule has 6 nitrogen and oxygen atoms in total. The number of rotatable bonds is 4. The third-order valence-electron chi connectivity index (χ3n) is 4.16. The monoisotopic (exact) mass is 443 g/mol. The lowest BCUT2D eigenvalue weighted by atomic mass is 10.0. The normalized spacial score (nSPS) is 11.6. The van der Waals surface area contributed by atoms with Gasteiger partial charge < -0.3 is 9.30 Å². The van der Waals surface area contributed by atoms with Gasteiger partial charge in [0.05, 0.1) is 0 Å². The van der Waals surface area contributed by atoms with Crippen molar-refractivity contribution in [3.63, 3.8) is 0 Å². The van der Waals surface area contributed by atoms with Crippen LogP contribution in [0.5, 0.6) is 0 Å². The minimum atomic E-state index is -0.573. The number of benzene rings is 1. The molecule has 0 aliphatic heterocycles. The Morgan fingerprint density at radius 2 is 1.82 bits per heavy atom. The first-order chi connectivity index (χ1) is 13.0. The molecule has 7 heteroatoms. The smallest absolute Gasteiger partial charge is 0.326 e. The summed E-state index contributed by atoms with van der Waals surface area (Å²) in [4.78, 5) is 33.0. The fourth-order valence-corrected chi connectivity index (χ4v) is 3.56. The highest BCUT2D eigenvalue weighted by Gasteiger charge is 2.20. The van der Waals surface area contributed by atoms with Gasteiger partial charge in [0.1, 0.15) is 18.0 Å². The van der Waals surface area contributed by atoms with Gasteiger partial charge in [-0.25, -0.2) is 9.97 Å². The predicted molar refractivity (Wildman–Crippen MR) is 111 cm³/mol. The average Bonchev–Trinajstić information content (AvgIpc) is 2.91. The molecule has 0 bridgehead atoms. The maximum absolute atomic E-state index is 12.4. The van der Waals surface area contributed by atoms with Crippen LogP contribution in [0, 0.1) is 6.92 Å². The molecule has 0 unspecified atom stereocenters. The predicted octanol–water partition coefficient (Wildman–Crippen LogP) is 4.71. The molecule has 0 aliphatic rings. The highest BCUT2D eigenvalue weighted by atomic mass is 79.9. The van der Waals surface area contributed by atoms with Gasteiger partial charge in [-0.3, -0.25) is 9.59 Å². The van der Waals surface area contributed by atoms with E-state index in [1.165, 1.54) is 6.92 Å². The van der Waals surface area contributed by atoms with Crippen LogP contribution in [-0.2, 0) is 16.1 Å². The summed E-state index contributed by atoms with van der Waals surface area (Å²) >= 11 is 3.59. The Labute approximate surface area is 172 Å². The summed E-state index contributed by atoms with van der Waals surface area (Å²) in [5, 5.41) is 0.778. The first-order valence-corrected chi connectivity index (χ1v) is 9.68. The number of ketones is 1. The van der Waals surface area contributed by atoms with Crippen LogP contribution in [0.3, 0.4) is 0 Å². The Balaban J connectivity index is 2.12. The SMILES string of the molecule is CC(=O)c1cn(CC(=O)OC(C)(C)C)c2cc(-c3cnc(C)nc3)c(Br)cc12. The summed E-state index contributed by atoms with van der Waals surface area (Å²) in [7, 11) is 0. The van der Waals surface area contributed by atoms with Crippen LogP contribution in [0.4, 0.5) is 0 Å². The molecule has 0 atom stereocenters. The van der Waals surface area contributed by atoms with Crippen molar-refractivity contribution >= 4 is 38.6 Å². The maximum Gasteiger partial charge on any atom is 0.326 e. The molecule has 0 saturated carbocycles. The third kappa shape index (κ3) is 4.30. The molecule has 1 aromatic carbocycles. The molecular weight excluding hydrogens is 422 g/mol. The van der Waals surface area contributed by atoms with Crippen LogP contribution < -0.4 is 0 Å². The van der Waals surface area contributed by atoms with Crippen molar-refractivity contribution in [2.24, 2.45) is 0 Å². The van der Waals surface area contributed by atoms with E-state index in [1.54, 1.807) is 23.2 Å². The Morgan fingerprint density at radius 3 is 2.39 bits per heavy atom. The molecule has 2 aromatic heterocycles. The fourth-order valence-electron chi connectivity index (χ4n) is 2.99. The largest absolute Gasteiger partial charge is 0.459 e. The van der Waals surface area contributed by atoms with E-state index >= 15 is 0 Å². The van der Waals surface area contributed by atoms with Gasteiger partial charge in [0.2, 0.25) is 0 Å². The van der Waals surface area contributed by atoms with E-state index < -0.39 is 5.60 Å². The summed E-state index contributed by atoms with van der Waals surface area (Å²) in [6.07, 6.45) is 5.21. The molecular formula is C21H22BrN3O3. The number of carbonyl (C=O) groups is 2. The molecule has 146 valence electrons. The molecule has 2 heterocycles. The molecule has 0 fully saturated rings. The van der Waals surface area contributed by atoms with Crippen LogP contribution in [0.15, 0.2) is 35.2 Å². The maximum atomic E-state index is 12.4. The molecule has 0 radical (unpaired) electrons. The number of esters is 1. The number of halogens is 1. The first kappa shape index (κ1) is 20.2. The lowest BCUT2D eigenvalue weighted by Gasteiger charge is -2.19. The highest BCUT2D eigenvalue weighted by molar-refractivity contribution is 9.10. The second-order valence-corrected chi connectivity index (χ2v) is 8.54. The van der Waals surface area contributed by atoms with Crippen LogP contribution in [0.25, 0.3) is 22.0 Å². The second kappa shape index (κ2) is 7.47. The Bertz CT molecular complexity index is 1060. The van der Waals surface area contributed by atoms with Crippen molar-refractivity contribution in [3.05, 3.63) is 46.6 Å². The number of hydrogen-bond donors (Lipinski definition) is 0. The summed E-state index contributed by atoms with van der Waals surface area (Å²) < 4.78 is 8.02. The summed E-state index contributed by atoms with van der Waals surface area (Å²) in [5.41, 5.74) is 2.48. The van der Waals surface area contributed by atoms with E-state index in [0.29, 0.717) is 11.4 Å². The molecule has 0 aliphatic carbocycles. The average molecular weight is 444 g/mol. The lowest BCUT2D eigenvalue weighted by molar-refractivity contribution is -0.155. The summed E-state index contributed by atoms with van der Waals surface area (Å²) in [6.45, 7) is 8.84. The van der Waals surface area contributed by atoms with Crippen molar-refractivity contribution in [1.82, 2.24) is 14.5 Å². The van der Waals surface area contributed by atoms with E-state index in [-0.39, 0.29) is 18.3 Å². The van der Waals surface area contributed by atoms with Gasteiger partial charge in [-0.15, -0.1) is 0 Å². The van der Waals surface area contributed by atoms with Gasteiger partial charge in [0, 0.05) is 50.7 Å². The van der Waals surface area contributed by atoms with E-state index in [0.717, 1.165) is 26.5 Å². The summed E-state index contributed by atoms with van der Waals surface area (Å²) in [6, 6.07) is 3.83. The number of hydrogen-bond acceptors (Lipinski definition) is 5. The molecule has 3 aromatic rings. The van der Waals surface area contributed by atoms with E-state index in [9.17, 15) is 9.59 Å². The van der Waals surface area contributed by atoms with Gasteiger partial charge >= 0.3 is 5.97 Å². The molecule has 3 rings (SSSR count). The zero-order valence-corrected chi connectivity index (χ0v) is 18.1. The molecule has 0 amide bonds. The van der Waals surface area contributed by atoms with Crippen LogP contribution >= 0.6 is 15.9 Å². The number of fused-ring (bicyclic) bond motifs is 1. The Morgan fingerprint density at radius 1 is 1.18 bits per heavy atom. The van der Waals surface area contributed by atoms with E-state index in [4.69, 9.17) is 4.74 Å². The highest BCUT2D eigenvalue weighted by Crippen LogP contribution is 2.34. The number of nitrogens with zero attached hydrogens (tertiary/aromatic N) is 3. The van der Waals surface area contributed by atoms with Crippen LogP contribution in [0.1, 0.15) is 43.9 Å². The lowest BCUT2D eigenvalue weighted by Crippen LogP contribution is -2.26. The fraction of sp³-hybridized carbons (Fsp3) is 0.333. The van der Waals surface area contributed by atoms with Crippen molar-refractivity contribution in [3.8, 4) is 11.1 Å². The third-order valence-corrected chi connectivity index (χ3v) is 4.82. The van der Waals surface area contributed by atoms with E-state index in [1.807, 2.05) is 39.8 Å². The van der Waals surface area contributed by atoms with Gasteiger partial charge in [-0.2, -0.15) is 0 Å². The van der Waals surface area contributed by atoms with Gasteiger partial charge in [-0.1, -0.05) is 15.9 Å². The van der Waals surface area contributed by atoms with Crippen LogP contribution in [-0.4, -0.2) is 31.9 Å². The quantitative estimate of drug-likeness (QED) is 0.430. The molecule has 28 heavy (non-hydrogen) atoms. The van der Waals surface area contributed by atoms with Gasteiger partial charge in [0.25, 0.3) is 0 Å². The number of carbonyl (C=O) groups excluding carboxylic acids is 2. The molecule has 0 saturated heterocycles. The Hall–Kier alpha value is -2.54. The Kier molecular flexibility index (Phi) is 5.39. The van der Waals surface area contributed by atoms with Gasteiger partial charge in [0.15, 0.2) is 5.78 Å².